The molecule has 0 aromatic carbocycles. The van der Waals surface area contributed by atoms with Crippen LogP contribution in [0.4, 0.5) is 0 Å². The molecule has 0 atom stereocenters. The minimum atomic E-state index is -0.0468. The van der Waals surface area contributed by atoms with E-state index in [1.54, 1.807) is 0 Å². The normalized spacial score (nSPS) is 11.0. The van der Waals surface area contributed by atoms with Gasteiger partial charge in [0.15, 0.2) is 0 Å². The first-order valence-corrected chi connectivity index (χ1v) is 9.12. The van der Waals surface area contributed by atoms with E-state index in [1.807, 2.05) is 0 Å². The minimum Gasteiger partial charge on any atom is -0.465 e. The highest BCUT2D eigenvalue weighted by Crippen LogP contribution is 2.05. The van der Waals surface area contributed by atoms with Gasteiger partial charge in [-0.25, -0.2) is 0 Å². The van der Waals surface area contributed by atoms with Crippen LogP contribution >= 0.6 is 0 Å². The van der Waals surface area contributed by atoms with Gasteiger partial charge in [-0.2, -0.15) is 0 Å². The lowest BCUT2D eigenvalue weighted by Gasteiger charge is -2.21. The molecular formula is C18H37NO2. The highest BCUT2D eigenvalue weighted by molar-refractivity contribution is 5.71. The Labute approximate surface area is 132 Å². The summed E-state index contributed by atoms with van der Waals surface area (Å²) < 4.78 is 5.29. The Balaban J connectivity index is 3.94. The van der Waals surface area contributed by atoms with Crippen molar-refractivity contribution in [1.29, 1.82) is 0 Å². The van der Waals surface area contributed by atoms with Gasteiger partial charge in [-0.05, 0) is 32.4 Å². The van der Waals surface area contributed by atoms with Crippen LogP contribution in [0, 0.1) is 0 Å². The van der Waals surface area contributed by atoms with E-state index >= 15 is 0 Å². The summed E-state index contributed by atoms with van der Waals surface area (Å²) in [5, 5.41) is 0. The summed E-state index contributed by atoms with van der Waals surface area (Å²) in [4.78, 5) is 14.1. The molecule has 0 fully saturated rings. The van der Waals surface area contributed by atoms with E-state index in [1.165, 1.54) is 51.4 Å². The van der Waals surface area contributed by atoms with E-state index in [0.717, 1.165) is 25.9 Å². The molecule has 3 nitrogen and oxygen atoms in total. The topological polar surface area (TPSA) is 29.5 Å². The molecule has 0 aromatic heterocycles. The van der Waals surface area contributed by atoms with Crippen LogP contribution in [0.1, 0.15) is 85.0 Å². The fraction of sp³-hybridized carbons (Fsp3) is 0.944. The van der Waals surface area contributed by atoms with E-state index in [0.29, 0.717) is 13.2 Å². The van der Waals surface area contributed by atoms with Crippen LogP contribution in [0.25, 0.3) is 0 Å². The maximum absolute atomic E-state index is 11.8. The average molecular weight is 299 g/mol. The molecule has 0 amide bonds. The van der Waals surface area contributed by atoms with Crippen molar-refractivity contribution in [2.45, 2.75) is 85.0 Å². The second kappa shape index (κ2) is 15.8. The molecular weight excluding hydrogens is 262 g/mol. The molecule has 0 spiro atoms. The summed E-state index contributed by atoms with van der Waals surface area (Å²) >= 11 is 0. The largest absolute Gasteiger partial charge is 0.465 e. The highest BCUT2D eigenvalue weighted by Gasteiger charge is 2.11. The van der Waals surface area contributed by atoms with Gasteiger partial charge < -0.3 is 4.74 Å². The zero-order chi connectivity index (χ0) is 15.8. The van der Waals surface area contributed by atoms with Crippen molar-refractivity contribution in [2.24, 2.45) is 0 Å². The number of carbonyl (C=O) groups is 1. The van der Waals surface area contributed by atoms with Crippen molar-refractivity contribution < 1.29 is 9.53 Å². The van der Waals surface area contributed by atoms with Crippen molar-refractivity contribution in [2.75, 3.05) is 26.2 Å². The van der Waals surface area contributed by atoms with Gasteiger partial charge in [0.05, 0.1) is 13.2 Å². The van der Waals surface area contributed by atoms with Gasteiger partial charge in [0.1, 0.15) is 0 Å². The molecule has 0 saturated heterocycles. The zero-order valence-electron chi connectivity index (χ0n) is 14.7. The van der Waals surface area contributed by atoms with Gasteiger partial charge in [-0.3, -0.25) is 9.69 Å². The first kappa shape index (κ1) is 20.4. The minimum absolute atomic E-state index is 0.0468. The summed E-state index contributed by atoms with van der Waals surface area (Å²) in [5.74, 6) is -0.0468. The molecule has 0 N–H and O–H groups in total. The molecule has 0 aliphatic heterocycles. The number of hydrogen-bond donors (Lipinski definition) is 0. The van der Waals surface area contributed by atoms with Crippen molar-refractivity contribution in [1.82, 2.24) is 4.90 Å². The number of unbranched alkanes of at least 4 members (excludes halogenated alkanes) is 7. The quantitative estimate of drug-likeness (QED) is 0.321. The van der Waals surface area contributed by atoms with E-state index < -0.39 is 0 Å². The third kappa shape index (κ3) is 14.1. The van der Waals surface area contributed by atoms with Crippen LogP contribution < -0.4 is 0 Å². The molecule has 0 radical (unpaired) electrons. The Morgan fingerprint density at radius 2 is 1.29 bits per heavy atom. The number of ether oxygens (including phenoxy) is 1. The predicted molar refractivity (Wildman–Crippen MR) is 90.6 cm³/mol. The Morgan fingerprint density at radius 3 is 1.76 bits per heavy atom. The molecule has 126 valence electrons. The van der Waals surface area contributed by atoms with E-state index in [-0.39, 0.29) is 5.97 Å². The van der Waals surface area contributed by atoms with Gasteiger partial charge in [0.25, 0.3) is 0 Å². The van der Waals surface area contributed by atoms with Crippen LogP contribution in [0.3, 0.4) is 0 Å². The Kier molecular flexibility index (Phi) is 15.4. The second-order valence-corrected chi connectivity index (χ2v) is 5.97. The van der Waals surface area contributed by atoms with Crippen molar-refractivity contribution in [3.8, 4) is 0 Å². The lowest BCUT2D eigenvalue weighted by Crippen LogP contribution is -2.33. The van der Waals surface area contributed by atoms with Gasteiger partial charge in [-0.1, -0.05) is 65.7 Å². The molecule has 0 aliphatic rings. The van der Waals surface area contributed by atoms with E-state index in [9.17, 15) is 4.79 Å². The monoisotopic (exact) mass is 299 g/mol. The lowest BCUT2D eigenvalue weighted by atomic mass is 10.1. The summed E-state index contributed by atoms with van der Waals surface area (Å²) in [6.07, 6.45) is 12.1. The number of nitrogens with zero attached hydrogens (tertiary/aromatic N) is 1. The van der Waals surface area contributed by atoms with Crippen molar-refractivity contribution >= 4 is 5.97 Å². The molecule has 0 unspecified atom stereocenters. The van der Waals surface area contributed by atoms with E-state index in [2.05, 4.69) is 25.7 Å². The summed E-state index contributed by atoms with van der Waals surface area (Å²) in [5.41, 5.74) is 0. The van der Waals surface area contributed by atoms with E-state index in [4.69, 9.17) is 4.74 Å². The first-order valence-electron chi connectivity index (χ1n) is 9.12. The van der Waals surface area contributed by atoms with Crippen LogP contribution in [0.2, 0.25) is 0 Å². The van der Waals surface area contributed by atoms with Crippen LogP contribution in [0.5, 0.6) is 0 Å². The summed E-state index contributed by atoms with van der Waals surface area (Å²) in [6.45, 7) is 9.70. The summed E-state index contributed by atoms with van der Waals surface area (Å²) in [6, 6.07) is 0. The maximum Gasteiger partial charge on any atom is 0.320 e. The van der Waals surface area contributed by atoms with Gasteiger partial charge in [0.2, 0.25) is 0 Å². The Bertz CT molecular complexity index is 219. The number of esters is 1. The predicted octanol–water partition coefficient (Wildman–Crippen LogP) is 4.79. The molecule has 21 heavy (non-hydrogen) atoms. The molecule has 0 aliphatic carbocycles. The average Bonchev–Trinajstić information content (AvgIpc) is 2.48. The molecule has 0 bridgehead atoms. The molecule has 0 aromatic rings. The number of rotatable bonds is 15. The Hall–Kier alpha value is -0.570. The summed E-state index contributed by atoms with van der Waals surface area (Å²) in [7, 11) is 0. The molecule has 3 heteroatoms. The fourth-order valence-corrected chi connectivity index (χ4v) is 2.35. The van der Waals surface area contributed by atoms with Crippen molar-refractivity contribution in [3.05, 3.63) is 0 Å². The third-order valence-electron chi connectivity index (χ3n) is 3.77. The van der Waals surface area contributed by atoms with Crippen LogP contribution in [-0.4, -0.2) is 37.1 Å². The van der Waals surface area contributed by atoms with Gasteiger partial charge >= 0.3 is 5.97 Å². The third-order valence-corrected chi connectivity index (χ3v) is 3.77. The number of hydrogen-bond acceptors (Lipinski definition) is 3. The second-order valence-electron chi connectivity index (χ2n) is 5.97. The smallest absolute Gasteiger partial charge is 0.320 e. The zero-order valence-corrected chi connectivity index (χ0v) is 14.7. The fourth-order valence-electron chi connectivity index (χ4n) is 2.35. The van der Waals surface area contributed by atoms with Gasteiger partial charge in [-0.15, -0.1) is 0 Å². The number of carbonyl (C=O) groups excluding carboxylic acids is 1. The first-order chi connectivity index (χ1) is 10.2. The SMILES string of the molecule is CCCCCCN(CCCCCC)CC(=O)OCCCC. The molecule has 0 saturated carbocycles. The standard InChI is InChI=1S/C18H37NO2/c1-4-7-10-12-14-19(15-13-11-8-5-2)17-18(20)21-16-9-6-3/h4-17H2,1-3H3. The van der Waals surface area contributed by atoms with Crippen LogP contribution in [-0.2, 0) is 9.53 Å². The maximum atomic E-state index is 11.8. The Morgan fingerprint density at radius 1 is 0.762 bits per heavy atom. The lowest BCUT2D eigenvalue weighted by molar-refractivity contribution is -0.145. The van der Waals surface area contributed by atoms with Gasteiger partial charge in [0, 0.05) is 0 Å². The molecule has 0 heterocycles. The molecule has 0 rings (SSSR count). The van der Waals surface area contributed by atoms with Crippen molar-refractivity contribution in [3.63, 3.8) is 0 Å². The van der Waals surface area contributed by atoms with Crippen LogP contribution in [0.15, 0.2) is 0 Å². The highest BCUT2D eigenvalue weighted by atomic mass is 16.5.